The second kappa shape index (κ2) is 6.55. The highest BCUT2D eigenvalue weighted by Crippen LogP contribution is 2.30. The Bertz CT molecular complexity index is 281. The third-order valence-corrected chi connectivity index (χ3v) is 3.84. The second-order valence-electron chi connectivity index (χ2n) is 4.08. The van der Waals surface area contributed by atoms with Gasteiger partial charge < -0.3 is 0 Å². The van der Waals surface area contributed by atoms with Gasteiger partial charge in [0.25, 0.3) is 0 Å². The lowest BCUT2D eigenvalue weighted by Gasteiger charge is -2.22. The van der Waals surface area contributed by atoms with Crippen LogP contribution in [0.15, 0.2) is 24.3 Å². The van der Waals surface area contributed by atoms with E-state index in [1.165, 1.54) is 18.4 Å². The van der Waals surface area contributed by atoms with Gasteiger partial charge in [-0.05, 0) is 29.5 Å². The summed E-state index contributed by atoms with van der Waals surface area (Å²) in [5, 5.41) is 1.84. The van der Waals surface area contributed by atoms with Crippen LogP contribution in [0.25, 0.3) is 0 Å². The van der Waals surface area contributed by atoms with E-state index in [0.717, 1.165) is 16.3 Å². The highest BCUT2D eigenvalue weighted by molar-refractivity contribution is 9.09. The van der Waals surface area contributed by atoms with E-state index >= 15 is 0 Å². The Balaban J connectivity index is 2.77. The molecule has 2 atom stereocenters. The van der Waals surface area contributed by atoms with Gasteiger partial charge in [-0.15, -0.1) is 0 Å². The van der Waals surface area contributed by atoms with Crippen LogP contribution in [0, 0.1) is 5.92 Å². The summed E-state index contributed by atoms with van der Waals surface area (Å²) < 4.78 is 0. The average Bonchev–Trinajstić information content (AvgIpc) is 2.22. The summed E-state index contributed by atoms with van der Waals surface area (Å²) in [7, 11) is 0. The number of hydrogen-bond donors (Lipinski definition) is 0. The van der Waals surface area contributed by atoms with Crippen molar-refractivity contribution < 1.29 is 0 Å². The number of alkyl halides is 1. The van der Waals surface area contributed by atoms with Crippen LogP contribution in [0.2, 0.25) is 5.02 Å². The smallest absolute Gasteiger partial charge is 0.0406 e. The molecule has 0 N–H and O–H groups in total. The maximum absolute atomic E-state index is 5.89. The van der Waals surface area contributed by atoms with Gasteiger partial charge in [0.05, 0.1) is 0 Å². The number of halogens is 2. The Hall–Kier alpha value is -0.0100. The molecular weight excluding hydrogens is 272 g/mol. The molecule has 0 spiro atoms. The predicted molar refractivity (Wildman–Crippen MR) is 72.1 cm³/mol. The molecule has 0 saturated heterocycles. The van der Waals surface area contributed by atoms with Gasteiger partial charge in [-0.25, -0.2) is 0 Å². The van der Waals surface area contributed by atoms with E-state index in [1.807, 2.05) is 12.1 Å². The Morgan fingerprint density at radius 2 is 1.87 bits per heavy atom. The molecule has 0 aromatic heterocycles. The zero-order valence-electron chi connectivity index (χ0n) is 9.34. The monoisotopic (exact) mass is 288 g/mol. The molecule has 84 valence electrons. The van der Waals surface area contributed by atoms with Crippen molar-refractivity contribution >= 4 is 27.5 Å². The molecule has 0 nitrogen and oxygen atoms in total. The van der Waals surface area contributed by atoms with Crippen LogP contribution in [0.3, 0.4) is 0 Å². The van der Waals surface area contributed by atoms with Crippen LogP contribution >= 0.6 is 27.5 Å². The summed E-state index contributed by atoms with van der Waals surface area (Å²) in [6, 6.07) is 8.23. The van der Waals surface area contributed by atoms with Crippen molar-refractivity contribution in [1.82, 2.24) is 0 Å². The lowest BCUT2D eigenvalue weighted by atomic mass is 9.86. The molecule has 0 heterocycles. The molecule has 0 aliphatic rings. The summed E-state index contributed by atoms with van der Waals surface area (Å²) in [4.78, 5) is 0. The van der Waals surface area contributed by atoms with E-state index in [9.17, 15) is 0 Å². The van der Waals surface area contributed by atoms with E-state index in [4.69, 9.17) is 11.6 Å². The predicted octanol–water partition coefficient (Wildman–Crippen LogP) is 5.25. The molecule has 0 aliphatic heterocycles. The first kappa shape index (κ1) is 13.1. The number of hydrogen-bond acceptors (Lipinski definition) is 0. The fraction of sp³-hybridized carbons (Fsp3) is 0.538. The standard InChI is InChI=1S/C13H18BrCl/c1-3-4-10(2)13(9-14)11-5-7-12(15)8-6-11/h5-8,10,13H,3-4,9H2,1-2H3. The zero-order valence-corrected chi connectivity index (χ0v) is 11.7. The molecule has 2 unspecified atom stereocenters. The molecule has 0 aliphatic carbocycles. The summed E-state index contributed by atoms with van der Waals surface area (Å²) in [6.07, 6.45) is 2.52. The minimum atomic E-state index is 0.599. The molecule has 0 radical (unpaired) electrons. The average molecular weight is 290 g/mol. The van der Waals surface area contributed by atoms with Crippen molar-refractivity contribution in [3.05, 3.63) is 34.9 Å². The Morgan fingerprint density at radius 3 is 2.33 bits per heavy atom. The van der Waals surface area contributed by atoms with Crippen molar-refractivity contribution in [3.8, 4) is 0 Å². The molecule has 2 heteroatoms. The minimum absolute atomic E-state index is 0.599. The number of benzene rings is 1. The summed E-state index contributed by atoms with van der Waals surface area (Å²) >= 11 is 9.50. The molecular formula is C13H18BrCl. The van der Waals surface area contributed by atoms with E-state index in [1.54, 1.807) is 0 Å². The quantitative estimate of drug-likeness (QED) is 0.649. The maximum atomic E-state index is 5.89. The summed E-state index contributed by atoms with van der Waals surface area (Å²) in [5.74, 6) is 1.32. The fourth-order valence-corrected chi connectivity index (χ4v) is 3.07. The second-order valence-corrected chi connectivity index (χ2v) is 5.16. The van der Waals surface area contributed by atoms with Crippen LogP contribution in [-0.4, -0.2) is 5.33 Å². The Labute approximate surface area is 106 Å². The molecule has 0 fully saturated rings. The van der Waals surface area contributed by atoms with E-state index in [-0.39, 0.29) is 0 Å². The van der Waals surface area contributed by atoms with Crippen LogP contribution in [-0.2, 0) is 0 Å². The van der Waals surface area contributed by atoms with Gasteiger partial charge in [0.2, 0.25) is 0 Å². The first-order chi connectivity index (χ1) is 7.19. The van der Waals surface area contributed by atoms with Gasteiger partial charge in [-0.1, -0.05) is 66.4 Å². The molecule has 1 aromatic carbocycles. The van der Waals surface area contributed by atoms with Gasteiger partial charge in [-0.2, -0.15) is 0 Å². The molecule has 0 amide bonds. The minimum Gasteiger partial charge on any atom is -0.0921 e. The van der Waals surface area contributed by atoms with Crippen molar-refractivity contribution in [2.24, 2.45) is 5.92 Å². The number of rotatable bonds is 5. The van der Waals surface area contributed by atoms with Gasteiger partial charge in [-0.3, -0.25) is 0 Å². The lowest BCUT2D eigenvalue weighted by Crippen LogP contribution is -2.11. The van der Waals surface area contributed by atoms with Crippen LogP contribution in [0.5, 0.6) is 0 Å². The summed E-state index contributed by atoms with van der Waals surface area (Å²) in [6.45, 7) is 4.56. The van der Waals surface area contributed by atoms with Crippen LogP contribution in [0.4, 0.5) is 0 Å². The SMILES string of the molecule is CCCC(C)C(CBr)c1ccc(Cl)cc1. The van der Waals surface area contributed by atoms with Crippen molar-refractivity contribution in [2.45, 2.75) is 32.6 Å². The van der Waals surface area contributed by atoms with Crippen molar-refractivity contribution in [2.75, 3.05) is 5.33 Å². The van der Waals surface area contributed by atoms with Crippen LogP contribution in [0.1, 0.15) is 38.2 Å². The molecule has 0 saturated carbocycles. The zero-order chi connectivity index (χ0) is 11.3. The van der Waals surface area contributed by atoms with E-state index in [2.05, 4.69) is 41.9 Å². The highest BCUT2D eigenvalue weighted by Gasteiger charge is 2.17. The third kappa shape index (κ3) is 3.81. The van der Waals surface area contributed by atoms with Crippen LogP contribution < -0.4 is 0 Å². The maximum Gasteiger partial charge on any atom is 0.0406 e. The van der Waals surface area contributed by atoms with E-state index in [0.29, 0.717) is 5.92 Å². The Kier molecular flexibility index (Phi) is 5.70. The molecule has 1 aromatic rings. The van der Waals surface area contributed by atoms with Gasteiger partial charge in [0.15, 0.2) is 0 Å². The first-order valence-corrected chi connectivity index (χ1v) is 7.00. The normalized spacial score (nSPS) is 14.9. The van der Waals surface area contributed by atoms with Crippen molar-refractivity contribution in [1.29, 1.82) is 0 Å². The molecule has 1 rings (SSSR count). The third-order valence-electron chi connectivity index (χ3n) is 2.90. The van der Waals surface area contributed by atoms with Gasteiger partial charge in [0.1, 0.15) is 0 Å². The largest absolute Gasteiger partial charge is 0.0921 e. The first-order valence-electron chi connectivity index (χ1n) is 5.50. The fourth-order valence-electron chi connectivity index (χ4n) is 1.94. The Morgan fingerprint density at radius 1 is 1.27 bits per heavy atom. The summed E-state index contributed by atoms with van der Waals surface area (Å²) in [5.41, 5.74) is 1.39. The lowest BCUT2D eigenvalue weighted by molar-refractivity contribution is 0.454. The van der Waals surface area contributed by atoms with E-state index < -0.39 is 0 Å². The van der Waals surface area contributed by atoms with Gasteiger partial charge in [0, 0.05) is 10.4 Å². The van der Waals surface area contributed by atoms with Crippen molar-refractivity contribution in [3.63, 3.8) is 0 Å². The van der Waals surface area contributed by atoms with Gasteiger partial charge >= 0.3 is 0 Å². The molecule has 15 heavy (non-hydrogen) atoms. The topological polar surface area (TPSA) is 0 Å². The highest BCUT2D eigenvalue weighted by atomic mass is 79.9. The molecule has 0 bridgehead atoms.